The zero-order chi connectivity index (χ0) is 35.8. The lowest BCUT2D eigenvalue weighted by Gasteiger charge is -2.17. The molecule has 6 heteroatoms. The van der Waals surface area contributed by atoms with Crippen molar-refractivity contribution < 1.29 is 0 Å². The van der Waals surface area contributed by atoms with Gasteiger partial charge >= 0.3 is 0 Å². The molecular weight excluding hydrogens is 661 g/mol. The normalized spacial score (nSPS) is 14.1. The van der Waals surface area contributed by atoms with Gasteiger partial charge in [0.1, 0.15) is 0 Å². The third kappa shape index (κ3) is 5.80. The van der Waals surface area contributed by atoms with Crippen molar-refractivity contribution >= 4 is 38.0 Å². The molecule has 6 heterocycles. The van der Waals surface area contributed by atoms with Crippen molar-refractivity contribution in [2.24, 2.45) is 4.99 Å². The average Bonchev–Trinajstić information content (AvgIpc) is 3.27. The Bertz CT molecular complexity index is 2750. The quantitative estimate of drug-likeness (QED) is 0.162. The van der Waals surface area contributed by atoms with Crippen LogP contribution in [0.25, 0.3) is 77.3 Å². The highest BCUT2D eigenvalue weighted by atomic mass is 14.8. The van der Waals surface area contributed by atoms with Gasteiger partial charge in [-0.1, -0.05) is 60.7 Å². The molecule has 10 rings (SSSR count). The first kappa shape index (κ1) is 31.5. The Morgan fingerprint density at radius 2 is 0.870 bits per heavy atom. The maximum Gasteiger partial charge on any atom is 0.0717 e. The predicted molar refractivity (Wildman–Crippen MR) is 219 cm³/mol. The average molecular weight is 693 g/mol. The fourth-order valence-corrected chi connectivity index (χ4v) is 7.48. The van der Waals surface area contributed by atoms with Gasteiger partial charge in [-0.2, -0.15) is 0 Å². The van der Waals surface area contributed by atoms with Crippen LogP contribution in [0, 0.1) is 0 Å². The lowest BCUT2D eigenvalue weighted by Crippen LogP contribution is -2.11. The van der Waals surface area contributed by atoms with Crippen LogP contribution >= 0.6 is 0 Å². The van der Waals surface area contributed by atoms with Crippen LogP contribution in [0.2, 0.25) is 0 Å². The van der Waals surface area contributed by atoms with E-state index in [0.717, 1.165) is 62.0 Å². The summed E-state index contributed by atoms with van der Waals surface area (Å²) in [6.45, 7) is 0.671. The summed E-state index contributed by atoms with van der Waals surface area (Å²) < 4.78 is 0. The number of hydrogen-bond donors (Lipinski definition) is 0. The Kier molecular flexibility index (Phi) is 7.84. The fourth-order valence-electron chi connectivity index (χ4n) is 7.48. The minimum Gasteiger partial charge on any atom is -0.284 e. The number of aliphatic imine (C=N–C) groups is 1. The number of aromatic nitrogens is 5. The molecule has 0 saturated heterocycles. The Labute approximate surface area is 312 Å². The maximum absolute atomic E-state index is 5.04. The van der Waals surface area contributed by atoms with Gasteiger partial charge in [0.15, 0.2) is 0 Å². The topological polar surface area (TPSA) is 76.8 Å². The largest absolute Gasteiger partial charge is 0.284 e. The molecule has 0 aliphatic carbocycles. The van der Waals surface area contributed by atoms with E-state index in [1.54, 1.807) is 0 Å². The van der Waals surface area contributed by atoms with E-state index in [1.165, 1.54) is 32.3 Å². The second-order valence-electron chi connectivity index (χ2n) is 13.5. The number of pyridine rings is 5. The second-order valence-corrected chi connectivity index (χ2v) is 13.5. The van der Waals surface area contributed by atoms with Gasteiger partial charge in [0.05, 0.1) is 35.0 Å². The second kappa shape index (κ2) is 13.4. The first-order valence-corrected chi connectivity index (χ1v) is 18.1. The number of fused-ring (bicyclic) bond motifs is 6. The highest BCUT2D eigenvalue weighted by molar-refractivity contribution is 6.27. The first-order valence-electron chi connectivity index (χ1n) is 18.1. The highest BCUT2D eigenvalue weighted by Gasteiger charge is 2.17. The smallest absolute Gasteiger partial charge is 0.0717 e. The standard InChI is InChI=1S/C48H32N6/c1-4-22-49-43(7-1)34-13-19-46(52-28-34)31-10-16-37-40(25-31)38-17-11-32(47-20-14-35(29-53-47)44-8-2-5-23-50-44)27-42(38)39-18-12-33(26-41(37)39)48-21-15-36(30-54-48)45-9-3-6-24-51-45/h1-29,36H,30H2. The van der Waals surface area contributed by atoms with Gasteiger partial charge in [-0.15, -0.1) is 0 Å². The summed E-state index contributed by atoms with van der Waals surface area (Å²) in [5.41, 5.74) is 10.9. The molecule has 254 valence electrons. The SMILES string of the molecule is C1=CC(c2ccccn2)CN=C1c1ccc2c(c1)c1ccc(-c3ccc(-c4ccccn4)cn3)cc1c1ccc(-c3ccc(-c4ccccn4)cn3)cc21. The number of hydrogen-bond acceptors (Lipinski definition) is 6. The molecule has 6 nitrogen and oxygen atoms in total. The molecule has 0 N–H and O–H groups in total. The molecule has 0 saturated carbocycles. The summed E-state index contributed by atoms with van der Waals surface area (Å²) >= 11 is 0. The Hall–Kier alpha value is -7.18. The van der Waals surface area contributed by atoms with Gasteiger partial charge < -0.3 is 0 Å². The van der Waals surface area contributed by atoms with Crippen molar-refractivity contribution in [2.45, 2.75) is 5.92 Å². The lowest BCUT2D eigenvalue weighted by atomic mass is 9.89. The lowest BCUT2D eigenvalue weighted by molar-refractivity contribution is 0.808. The number of rotatable bonds is 6. The van der Waals surface area contributed by atoms with Crippen molar-refractivity contribution in [2.75, 3.05) is 6.54 Å². The molecule has 0 fully saturated rings. The minimum atomic E-state index is 0.176. The molecule has 1 unspecified atom stereocenters. The molecule has 5 aromatic heterocycles. The molecule has 1 aliphatic rings. The van der Waals surface area contributed by atoms with E-state index in [0.29, 0.717) is 6.54 Å². The summed E-state index contributed by atoms with van der Waals surface area (Å²) in [6.07, 6.45) is 13.6. The monoisotopic (exact) mass is 692 g/mol. The third-order valence-electron chi connectivity index (χ3n) is 10.3. The summed E-state index contributed by atoms with van der Waals surface area (Å²) in [4.78, 5) is 28.4. The summed E-state index contributed by atoms with van der Waals surface area (Å²) in [5, 5.41) is 7.07. The van der Waals surface area contributed by atoms with E-state index in [1.807, 2.05) is 79.5 Å². The Morgan fingerprint density at radius 3 is 1.31 bits per heavy atom. The molecule has 0 spiro atoms. The molecule has 4 aromatic carbocycles. The molecule has 0 amide bonds. The zero-order valence-electron chi connectivity index (χ0n) is 29.2. The van der Waals surface area contributed by atoms with Crippen molar-refractivity contribution in [3.05, 3.63) is 188 Å². The van der Waals surface area contributed by atoms with Crippen molar-refractivity contribution in [1.29, 1.82) is 0 Å². The molecule has 1 atom stereocenters. The van der Waals surface area contributed by atoms with Crippen LogP contribution in [0.3, 0.4) is 0 Å². The Morgan fingerprint density at radius 1 is 0.389 bits per heavy atom. The molecule has 54 heavy (non-hydrogen) atoms. The van der Waals surface area contributed by atoms with Crippen LogP contribution < -0.4 is 0 Å². The minimum absolute atomic E-state index is 0.176. The Balaban J connectivity index is 1.10. The van der Waals surface area contributed by atoms with Gasteiger partial charge in [-0.3, -0.25) is 29.9 Å². The molecule has 0 bridgehead atoms. The van der Waals surface area contributed by atoms with E-state index >= 15 is 0 Å². The number of nitrogens with zero attached hydrogens (tertiary/aromatic N) is 6. The van der Waals surface area contributed by atoms with Crippen molar-refractivity contribution in [3.63, 3.8) is 0 Å². The van der Waals surface area contributed by atoms with Gasteiger partial charge in [0.25, 0.3) is 0 Å². The first-order chi connectivity index (χ1) is 26.7. The summed E-state index contributed by atoms with van der Waals surface area (Å²) in [7, 11) is 0. The van der Waals surface area contributed by atoms with Crippen LogP contribution in [-0.2, 0) is 0 Å². The number of dihydropyridines is 1. The number of allylic oxidation sites excluding steroid dienone is 1. The van der Waals surface area contributed by atoms with Crippen LogP contribution in [-0.4, -0.2) is 37.2 Å². The molecule has 0 radical (unpaired) electrons. The third-order valence-corrected chi connectivity index (χ3v) is 10.3. The van der Waals surface area contributed by atoms with Gasteiger partial charge in [0, 0.05) is 70.4 Å². The summed E-state index contributed by atoms with van der Waals surface area (Å²) in [5.74, 6) is 0.176. The van der Waals surface area contributed by atoms with Crippen LogP contribution in [0.5, 0.6) is 0 Å². The van der Waals surface area contributed by atoms with E-state index < -0.39 is 0 Å². The van der Waals surface area contributed by atoms with E-state index in [4.69, 9.17) is 15.0 Å². The van der Waals surface area contributed by atoms with Gasteiger partial charge in [-0.05, 0) is 117 Å². The van der Waals surface area contributed by atoms with E-state index in [2.05, 4.69) is 112 Å². The van der Waals surface area contributed by atoms with E-state index in [9.17, 15) is 0 Å². The fraction of sp³-hybridized carbons (Fsp3) is 0.0417. The highest BCUT2D eigenvalue weighted by Crippen LogP contribution is 2.39. The number of benzene rings is 4. The van der Waals surface area contributed by atoms with Gasteiger partial charge in [-0.25, -0.2) is 0 Å². The van der Waals surface area contributed by atoms with Crippen LogP contribution in [0.15, 0.2) is 182 Å². The van der Waals surface area contributed by atoms with E-state index in [-0.39, 0.29) is 5.92 Å². The predicted octanol–water partition coefficient (Wildman–Crippen LogP) is 10.9. The van der Waals surface area contributed by atoms with Crippen molar-refractivity contribution in [3.8, 4) is 45.0 Å². The zero-order valence-corrected chi connectivity index (χ0v) is 29.2. The van der Waals surface area contributed by atoms with Crippen LogP contribution in [0.1, 0.15) is 17.2 Å². The maximum atomic E-state index is 5.04. The molecule has 9 aromatic rings. The molecular formula is C48H32N6. The molecule has 1 aliphatic heterocycles. The van der Waals surface area contributed by atoms with Crippen LogP contribution in [0.4, 0.5) is 0 Å². The summed E-state index contributed by atoms with van der Waals surface area (Å²) in [6, 6.07) is 46.4. The van der Waals surface area contributed by atoms with Crippen molar-refractivity contribution in [1.82, 2.24) is 24.9 Å². The van der Waals surface area contributed by atoms with Gasteiger partial charge in [0.2, 0.25) is 0 Å².